The van der Waals surface area contributed by atoms with Gasteiger partial charge in [-0.3, -0.25) is 9.59 Å². The van der Waals surface area contributed by atoms with Crippen LogP contribution in [-0.4, -0.2) is 41.1 Å². The van der Waals surface area contributed by atoms with Crippen molar-refractivity contribution >= 4 is 11.9 Å². The molecular formula is C31H35NO5. The first kappa shape index (κ1) is 26.3. The van der Waals surface area contributed by atoms with E-state index in [4.69, 9.17) is 9.47 Å². The van der Waals surface area contributed by atoms with Gasteiger partial charge < -0.3 is 19.5 Å². The SMILES string of the molecule is COc1ccccc1CN(CCC(=O)O)C(=O)c1ccc2c(c1)C[C@](C)(Cc1ccc(C(C)C)cc1)O2. The molecule has 0 spiro atoms. The molecule has 0 bridgehead atoms. The summed E-state index contributed by atoms with van der Waals surface area (Å²) in [6, 6.07) is 21.7. The van der Waals surface area contributed by atoms with Gasteiger partial charge in [-0.1, -0.05) is 56.3 Å². The largest absolute Gasteiger partial charge is 0.496 e. The van der Waals surface area contributed by atoms with Crippen molar-refractivity contribution in [2.75, 3.05) is 13.7 Å². The number of para-hydroxylation sites is 1. The Morgan fingerprint density at radius 1 is 1.08 bits per heavy atom. The van der Waals surface area contributed by atoms with E-state index in [-0.39, 0.29) is 25.4 Å². The number of carboxylic acid groups (broad SMARTS) is 1. The summed E-state index contributed by atoms with van der Waals surface area (Å²) >= 11 is 0. The zero-order valence-electron chi connectivity index (χ0n) is 22.0. The summed E-state index contributed by atoms with van der Waals surface area (Å²) in [6.45, 7) is 6.83. The van der Waals surface area contributed by atoms with E-state index >= 15 is 0 Å². The van der Waals surface area contributed by atoms with E-state index < -0.39 is 11.6 Å². The van der Waals surface area contributed by atoms with Gasteiger partial charge in [0.1, 0.15) is 17.1 Å². The molecule has 1 aliphatic heterocycles. The van der Waals surface area contributed by atoms with E-state index in [1.165, 1.54) is 11.1 Å². The molecule has 0 aromatic heterocycles. The summed E-state index contributed by atoms with van der Waals surface area (Å²) in [5, 5.41) is 9.25. The van der Waals surface area contributed by atoms with Crippen molar-refractivity contribution in [3.63, 3.8) is 0 Å². The normalized spacial score (nSPS) is 16.2. The fourth-order valence-corrected chi connectivity index (χ4v) is 4.91. The number of aliphatic carboxylic acids is 1. The lowest BCUT2D eigenvalue weighted by Gasteiger charge is -2.24. The van der Waals surface area contributed by atoms with Gasteiger partial charge in [0.25, 0.3) is 5.91 Å². The van der Waals surface area contributed by atoms with Gasteiger partial charge in [0, 0.05) is 37.1 Å². The number of methoxy groups -OCH3 is 1. The van der Waals surface area contributed by atoms with Crippen molar-refractivity contribution in [2.24, 2.45) is 0 Å². The first-order valence-electron chi connectivity index (χ1n) is 12.7. The van der Waals surface area contributed by atoms with Crippen LogP contribution in [0.2, 0.25) is 0 Å². The molecule has 37 heavy (non-hydrogen) atoms. The minimum Gasteiger partial charge on any atom is -0.496 e. The number of amides is 1. The molecule has 6 heteroatoms. The molecule has 6 nitrogen and oxygen atoms in total. The van der Waals surface area contributed by atoms with Gasteiger partial charge in [-0.25, -0.2) is 0 Å². The van der Waals surface area contributed by atoms with E-state index in [1.807, 2.05) is 36.4 Å². The van der Waals surface area contributed by atoms with Gasteiger partial charge in [-0.15, -0.1) is 0 Å². The smallest absolute Gasteiger partial charge is 0.305 e. The Bertz CT molecular complexity index is 1270. The standard InChI is InChI=1S/C31H35NO5/c1-21(2)23-11-9-22(10-12-23)18-31(3)19-26-17-24(13-14-28(26)37-31)30(35)32(16-15-29(33)34)20-25-7-5-6-8-27(25)36-4/h5-14,17,21H,15-16,18-20H2,1-4H3,(H,33,34)/t31-/m0/s1. The third-order valence-corrected chi connectivity index (χ3v) is 6.89. The molecular weight excluding hydrogens is 466 g/mol. The molecule has 3 aromatic carbocycles. The minimum absolute atomic E-state index is 0.101. The Labute approximate surface area is 218 Å². The number of carboxylic acids is 1. The molecule has 1 aliphatic rings. The second-order valence-electron chi connectivity index (χ2n) is 10.3. The van der Waals surface area contributed by atoms with E-state index in [1.54, 1.807) is 18.1 Å². The van der Waals surface area contributed by atoms with Gasteiger partial charge in [0.15, 0.2) is 0 Å². The van der Waals surface area contributed by atoms with Crippen LogP contribution in [0.25, 0.3) is 0 Å². The summed E-state index contributed by atoms with van der Waals surface area (Å²) in [4.78, 5) is 26.4. The van der Waals surface area contributed by atoms with Crippen molar-refractivity contribution < 1.29 is 24.2 Å². The highest BCUT2D eigenvalue weighted by Crippen LogP contribution is 2.38. The maximum absolute atomic E-state index is 13.6. The molecule has 1 amide bonds. The van der Waals surface area contributed by atoms with Crippen LogP contribution < -0.4 is 9.47 Å². The fraction of sp³-hybridized carbons (Fsp3) is 0.355. The van der Waals surface area contributed by atoms with Gasteiger partial charge in [0.05, 0.1) is 13.5 Å². The van der Waals surface area contributed by atoms with Crippen LogP contribution in [0, 0.1) is 0 Å². The highest BCUT2D eigenvalue weighted by Gasteiger charge is 2.35. The Morgan fingerprint density at radius 3 is 2.49 bits per heavy atom. The number of benzene rings is 3. The topological polar surface area (TPSA) is 76.1 Å². The van der Waals surface area contributed by atoms with Crippen LogP contribution >= 0.6 is 0 Å². The van der Waals surface area contributed by atoms with Crippen LogP contribution in [0.1, 0.15) is 65.7 Å². The quantitative estimate of drug-likeness (QED) is 0.376. The predicted molar refractivity (Wildman–Crippen MR) is 143 cm³/mol. The number of carbonyl (C=O) groups excluding carboxylic acids is 1. The molecule has 4 rings (SSSR count). The molecule has 0 saturated carbocycles. The number of hydrogen-bond acceptors (Lipinski definition) is 4. The van der Waals surface area contributed by atoms with Gasteiger partial charge >= 0.3 is 5.97 Å². The Kier molecular flexibility index (Phi) is 7.86. The molecule has 3 aromatic rings. The van der Waals surface area contributed by atoms with Gasteiger partial charge in [0.2, 0.25) is 0 Å². The summed E-state index contributed by atoms with van der Waals surface area (Å²) in [6.07, 6.45) is 1.32. The molecule has 0 fully saturated rings. The van der Waals surface area contributed by atoms with Crippen LogP contribution in [0.4, 0.5) is 0 Å². The highest BCUT2D eigenvalue weighted by molar-refractivity contribution is 5.95. The zero-order valence-corrected chi connectivity index (χ0v) is 22.0. The number of hydrogen-bond donors (Lipinski definition) is 1. The lowest BCUT2D eigenvalue weighted by atomic mass is 9.90. The fourth-order valence-electron chi connectivity index (χ4n) is 4.91. The Hall–Kier alpha value is -3.80. The lowest BCUT2D eigenvalue weighted by Crippen LogP contribution is -2.33. The third-order valence-electron chi connectivity index (χ3n) is 6.89. The third kappa shape index (κ3) is 6.31. The number of carbonyl (C=O) groups is 2. The molecule has 0 saturated heterocycles. The molecule has 1 N–H and O–H groups in total. The molecule has 0 radical (unpaired) electrons. The molecule has 0 aliphatic carbocycles. The summed E-state index contributed by atoms with van der Waals surface area (Å²) < 4.78 is 11.8. The van der Waals surface area contributed by atoms with Gasteiger partial charge in [-0.2, -0.15) is 0 Å². The van der Waals surface area contributed by atoms with E-state index in [0.29, 0.717) is 23.7 Å². The highest BCUT2D eigenvalue weighted by atomic mass is 16.5. The molecule has 0 unspecified atom stereocenters. The second-order valence-corrected chi connectivity index (χ2v) is 10.3. The Morgan fingerprint density at radius 2 is 1.81 bits per heavy atom. The summed E-state index contributed by atoms with van der Waals surface area (Å²) in [5.74, 6) is 0.783. The number of rotatable bonds is 10. The summed E-state index contributed by atoms with van der Waals surface area (Å²) in [7, 11) is 1.58. The monoisotopic (exact) mass is 501 g/mol. The molecule has 194 valence electrons. The molecule has 1 heterocycles. The van der Waals surface area contributed by atoms with Crippen LogP contribution in [-0.2, 0) is 24.2 Å². The van der Waals surface area contributed by atoms with Crippen LogP contribution in [0.3, 0.4) is 0 Å². The zero-order chi connectivity index (χ0) is 26.6. The minimum atomic E-state index is -0.947. The van der Waals surface area contributed by atoms with Crippen LogP contribution in [0.15, 0.2) is 66.7 Å². The predicted octanol–water partition coefficient (Wildman–Crippen LogP) is 5.87. The second kappa shape index (κ2) is 11.1. The van der Waals surface area contributed by atoms with E-state index in [9.17, 15) is 14.7 Å². The van der Waals surface area contributed by atoms with Crippen LogP contribution in [0.5, 0.6) is 11.5 Å². The Balaban J connectivity index is 1.52. The van der Waals surface area contributed by atoms with Gasteiger partial charge in [-0.05, 0) is 53.8 Å². The van der Waals surface area contributed by atoms with Crippen molar-refractivity contribution in [2.45, 2.75) is 58.1 Å². The lowest BCUT2D eigenvalue weighted by molar-refractivity contribution is -0.137. The first-order chi connectivity index (χ1) is 17.7. The van der Waals surface area contributed by atoms with Crippen molar-refractivity contribution in [1.82, 2.24) is 4.90 Å². The summed E-state index contributed by atoms with van der Waals surface area (Å²) in [5.41, 5.74) is 4.46. The van der Waals surface area contributed by atoms with Crippen molar-refractivity contribution in [1.29, 1.82) is 0 Å². The molecule has 1 atom stereocenters. The van der Waals surface area contributed by atoms with Crippen molar-refractivity contribution in [3.8, 4) is 11.5 Å². The average molecular weight is 502 g/mol. The number of nitrogens with zero attached hydrogens (tertiary/aromatic N) is 1. The average Bonchev–Trinajstić information content (AvgIpc) is 3.21. The maximum atomic E-state index is 13.6. The van der Waals surface area contributed by atoms with E-state index in [2.05, 4.69) is 45.0 Å². The number of fused-ring (bicyclic) bond motifs is 1. The van der Waals surface area contributed by atoms with E-state index in [0.717, 1.165) is 23.3 Å². The number of ether oxygens (including phenoxy) is 2. The maximum Gasteiger partial charge on any atom is 0.305 e. The first-order valence-corrected chi connectivity index (χ1v) is 12.7. The van der Waals surface area contributed by atoms with Crippen molar-refractivity contribution in [3.05, 3.63) is 94.5 Å².